The smallest absolute Gasteiger partial charge is 0.0644 e. The summed E-state index contributed by atoms with van der Waals surface area (Å²) in [5.74, 6) is 0. The molecule has 3 nitrogen and oxygen atoms in total. The van der Waals surface area contributed by atoms with E-state index in [-0.39, 0.29) is 0 Å². The molecule has 1 atom stereocenters. The molecule has 0 radical (unpaired) electrons. The topological polar surface area (TPSA) is 21.7 Å². The van der Waals surface area contributed by atoms with Crippen molar-refractivity contribution in [1.82, 2.24) is 4.90 Å². The van der Waals surface area contributed by atoms with Crippen molar-refractivity contribution in [2.24, 2.45) is 0 Å². The normalized spacial score (nSPS) is 12.9. The van der Waals surface area contributed by atoms with Gasteiger partial charge in [0.25, 0.3) is 0 Å². The highest BCUT2D eigenvalue weighted by Gasteiger charge is 2.11. The first-order chi connectivity index (χ1) is 15.7. The molecule has 0 rings (SSSR count). The Morgan fingerprint density at radius 3 is 1.34 bits per heavy atom. The van der Waals surface area contributed by atoms with Crippen molar-refractivity contribution in [2.75, 3.05) is 40.5 Å². The summed E-state index contributed by atoms with van der Waals surface area (Å²) in [6.07, 6.45) is 28.7. The van der Waals surface area contributed by atoms with Crippen molar-refractivity contribution in [2.45, 2.75) is 135 Å². The molecule has 0 aromatic heterocycles. The number of unbranched alkanes of at least 4 members (excludes halogenated alkanes) is 15. The Bertz CT molecular complexity index is 370. The molecule has 0 aromatic carbocycles. The second-order valence-corrected chi connectivity index (χ2v) is 9.77. The number of hydrogen-bond donors (Lipinski definition) is 0. The van der Waals surface area contributed by atoms with Gasteiger partial charge >= 0.3 is 0 Å². The summed E-state index contributed by atoms with van der Waals surface area (Å²) >= 11 is 0. The van der Waals surface area contributed by atoms with Crippen LogP contribution in [0.4, 0.5) is 0 Å². The summed E-state index contributed by atoms with van der Waals surface area (Å²) in [6.45, 7) is 7.90. The van der Waals surface area contributed by atoms with Crippen LogP contribution >= 0.6 is 0 Å². The maximum absolute atomic E-state index is 5.96. The zero-order valence-corrected chi connectivity index (χ0v) is 22.6. The lowest BCUT2D eigenvalue weighted by Crippen LogP contribution is -2.37. The molecule has 32 heavy (non-hydrogen) atoms. The van der Waals surface area contributed by atoms with E-state index in [9.17, 15) is 0 Å². The number of allylic oxidation sites excluding steroid dienone is 2. The predicted octanol–water partition coefficient (Wildman–Crippen LogP) is 8.57. The molecule has 0 saturated heterocycles. The van der Waals surface area contributed by atoms with Gasteiger partial charge in [-0.3, -0.25) is 0 Å². The highest BCUT2D eigenvalue weighted by Crippen LogP contribution is 2.09. The maximum atomic E-state index is 5.96. The van der Waals surface area contributed by atoms with Gasteiger partial charge in [0.15, 0.2) is 0 Å². The lowest BCUT2D eigenvalue weighted by atomic mass is 10.1. The number of likely N-dealkylation sites (N-methyl/N-ethyl adjacent to an activating group) is 1. The van der Waals surface area contributed by atoms with Gasteiger partial charge in [0.05, 0.1) is 19.3 Å². The SMILES string of the molecule is CCCCCC/C=C\CCCCCCCCOC[C@H](COCCCCCCCC)N(C)C. The average molecular weight is 454 g/mol. The Morgan fingerprint density at radius 1 is 0.531 bits per heavy atom. The number of hydrogen-bond acceptors (Lipinski definition) is 3. The molecule has 0 N–H and O–H groups in total. The Hall–Kier alpha value is -0.380. The van der Waals surface area contributed by atoms with E-state index in [0.29, 0.717) is 6.04 Å². The summed E-state index contributed by atoms with van der Waals surface area (Å²) in [4.78, 5) is 2.24. The third kappa shape index (κ3) is 24.3. The van der Waals surface area contributed by atoms with Crippen molar-refractivity contribution < 1.29 is 9.47 Å². The third-order valence-corrected chi connectivity index (χ3v) is 6.29. The molecule has 0 heterocycles. The Morgan fingerprint density at radius 2 is 0.906 bits per heavy atom. The fourth-order valence-electron chi connectivity index (χ4n) is 3.87. The molecule has 0 unspecified atom stereocenters. The second kappa shape index (κ2) is 26.9. The van der Waals surface area contributed by atoms with Gasteiger partial charge in [-0.05, 0) is 52.6 Å². The van der Waals surface area contributed by atoms with Crippen LogP contribution in [0.3, 0.4) is 0 Å². The zero-order chi connectivity index (χ0) is 23.5. The minimum absolute atomic E-state index is 0.370. The zero-order valence-electron chi connectivity index (χ0n) is 22.6. The molecule has 0 aliphatic rings. The molecule has 192 valence electrons. The van der Waals surface area contributed by atoms with Gasteiger partial charge in [-0.25, -0.2) is 0 Å². The summed E-state index contributed by atoms with van der Waals surface area (Å²) in [7, 11) is 4.26. The fraction of sp³-hybridized carbons (Fsp3) is 0.931. The van der Waals surface area contributed by atoms with Crippen LogP contribution < -0.4 is 0 Å². The van der Waals surface area contributed by atoms with Crippen LogP contribution in [0.2, 0.25) is 0 Å². The predicted molar refractivity (Wildman–Crippen MR) is 143 cm³/mol. The van der Waals surface area contributed by atoms with Crippen LogP contribution in [0.1, 0.15) is 129 Å². The summed E-state index contributed by atoms with van der Waals surface area (Å²) in [6, 6.07) is 0.370. The van der Waals surface area contributed by atoms with E-state index in [1.807, 2.05) is 0 Å². The lowest BCUT2D eigenvalue weighted by molar-refractivity contribution is 0.0197. The minimum Gasteiger partial charge on any atom is -0.380 e. The molecule has 0 bridgehead atoms. The van der Waals surface area contributed by atoms with Crippen molar-refractivity contribution in [3.63, 3.8) is 0 Å². The first-order valence-corrected chi connectivity index (χ1v) is 14.2. The van der Waals surface area contributed by atoms with Crippen LogP contribution in [-0.4, -0.2) is 51.5 Å². The Labute approximate surface area is 202 Å². The number of rotatable bonds is 26. The van der Waals surface area contributed by atoms with Crippen molar-refractivity contribution in [1.29, 1.82) is 0 Å². The van der Waals surface area contributed by atoms with Gasteiger partial charge < -0.3 is 14.4 Å². The molecule has 0 aliphatic heterocycles. The van der Waals surface area contributed by atoms with Gasteiger partial charge in [-0.1, -0.05) is 103 Å². The van der Waals surface area contributed by atoms with Gasteiger partial charge in [0.1, 0.15) is 0 Å². The monoisotopic (exact) mass is 453 g/mol. The largest absolute Gasteiger partial charge is 0.380 e. The van der Waals surface area contributed by atoms with Gasteiger partial charge in [0.2, 0.25) is 0 Å². The molecule has 0 saturated carbocycles. The second-order valence-electron chi connectivity index (χ2n) is 9.77. The van der Waals surface area contributed by atoms with Crippen LogP contribution in [0, 0.1) is 0 Å². The standard InChI is InChI=1S/C29H59NO2/c1-5-7-9-11-13-14-15-16-17-18-19-20-22-24-26-32-28-29(30(3)4)27-31-25-23-21-12-10-8-6-2/h14-15,29H,5-13,16-28H2,1-4H3/b15-14-/t29-/m0/s1. The number of nitrogens with zero attached hydrogens (tertiary/aromatic N) is 1. The van der Waals surface area contributed by atoms with E-state index in [0.717, 1.165) is 26.4 Å². The summed E-state index contributed by atoms with van der Waals surface area (Å²) in [5, 5.41) is 0. The van der Waals surface area contributed by atoms with Crippen LogP contribution in [0.15, 0.2) is 12.2 Å². The van der Waals surface area contributed by atoms with E-state index in [1.165, 1.54) is 116 Å². The molecule has 0 aliphatic carbocycles. The minimum atomic E-state index is 0.370. The quantitative estimate of drug-likeness (QED) is 0.0966. The molecular formula is C29H59NO2. The average Bonchev–Trinajstić information content (AvgIpc) is 2.78. The highest BCUT2D eigenvalue weighted by atomic mass is 16.5. The van der Waals surface area contributed by atoms with Crippen molar-refractivity contribution in [3.05, 3.63) is 12.2 Å². The highest BCUT2D eigenvalue weighted by molar-refractivity contribution is 4.81. The van der Waals surface area contributed by atoms with E-state index in [4.69, 9.17) is 9.47 Å². The van der Waals surface area contributed by atoms with Crippen LogP contribution in [0.5, 0.6) is 0 Å². The fourth-order valence-corrected chi connectivity index (χ4v) is 3.87. The molecular weight excluding hydrogens is 394 g/mol. The maximum Gasteiger partial charge on any atom is 0.0644 e. The van der Waals surface area contributed by atoms with E-state index < -0.39 is 0 Å². The molecule has 0 amide bonds. The molecule has 0 spiro atoms. The van der Waals surface area contributed by atoms with Crippen molar-refractivity contribution in [3.8, 4) is 0 Å². The summed E-state index contributed by atoms with van der Waals surface area (Å²) in [5.41, 5.74) is 0. The molecule has 0 fully saturated rings. The Balaban J connectivity index is 3.42. The van der Waals surface area contributed by atoms with Crippen molar-refractivity contribution >= 4 is 0 Å². The number of ether oxygens (including phenoxy) is 2. The van der Waals surface area contributed by atoms with E-state index in [2.05, 4.69) is 45.0 Å². The first-order valence-electron chi connectivity index (χ1n) is 14.2. The van der Waals surface area contributed by atoms with Gasteiger partial charge in [-0.15, -0.1) is 0 Å². The van der Waals surface area contributed by atoms with E-state index in [1.54, 1.807) is 0 Å². The first kappa shape index (κ1) is 31.6. The van der Waals surface area contributed by atoms with E-state index >= 15 is 0 Å². The molecule has 3 heteroatoms. The molecule has 0 aromatic rings. The van der Waals surface area contributed by atoms with Gasteiger partial charge in [-0.2, -0.15) is 0 Å². The van der Waals surface area contributed by atoms with Gasteiger partial charge in [0, 0.05) is 13.2 Å². The summed E-state index contributed by atoms with van der Waals surface area (Å²) < 4.78 is 11.9. The Kier molecular flexibility index (Phi) is 26.5. The van der Waals surface area contributed by atoms with Crippen LogP contribution in [0.25, 0.3) is 0 Å². The third-order valence-electron chi connectivity index (χ3n) is 6.29. The lowest BCUT2D eigenvalue weighted by Gasteiger charge is -2.24. The van der Waals surface area contributed by atoms with Crippen LogP contribution in [-0.2, 0) is 9.47 Å².